The van der Waals surface area contributed by atoms with Gasteiger partial charge in [0.1, 0.15) is 29.4 Å². The fourth-order valence-electron chi connectivity index (χ4n) is 4.99. The molecule has 2 aromatic heterocycles. The smallest absolute Gasteiger partial charge is 0.227 e. The lowest BCUT2D eigenvalue weighted by molar-refractivity contribution is 0.231. The molecule has 5 rings (SSSR count). The van der Waals surface area contributed by atoms with E-state index in [0.29, 0.717) is 22.9 Å². The van der Waals surface area contributed by atoms with E-state index in [2.05, 4.69) is 51.5 Å². The molecule has 3 aromatic rings. The first kappa shape index (κ1) is 23.0. The van der Waals surface area contributed by atoms with Gasteiger partial charge in [0.05, 0.1) is 23.5 Å². The normalized spacial score (nSPS) is 24.2. The van der Waals surface area contributed by atoms with Gasteiger partial charge in [-0.1, -0.05) is 59.7 Å². The van der Waals surface area contributed by atoms with Gasteiger partial charge in [-0.25, -0.2) is 9.97 Å². The number of aromatic nitrogens is 2. The predicted molar refractivity (Wildman–Crippen MR) is 136 cm³/mol. The highest BCUT2D eigenvalue weighted by molar-refractivity contribution is 6.11. The first-order valence-electron chi connectivity index (χ1n) is 11.7. The fraction of sp³-hybridized carbons (Fsp3) is 0.357. The van der Waals surface area contributed by atoms with Crippen LogP contribution in [-0.4, -0.2) is 27.5 Å². The van der Waals surface area contributed by atoms with Crippen LogP contribution in [0.15, 0.2) is 74.1 Å². The van der Waals surface area contributed by atoms with Crippen molar-refractivity contribution in [1.29, 1.82) is 0 Å². The molecule has 0 aliphatic carbocycles. The molecule has 2 aliphatic rings. The second-order valence-corrected chi connectivity index (χ2v) is 11.1. The highest BCUT2D eigenvalue weighted by Gasteiger charge is 2.50. The first-order valence-corrected chi connectivity index (χ1v) is 11.7. The molecular formula is C28H30N4O3. The fourth-order valence-corrected chi connectivity index (χ4v) is 4.99. The highest BCUT2D eigenvalue weighted by Crippen LogP contribution is 2.56. The van der Waals surface area contributed by atoms with Gasteiger partial charge in [-0.05, 0) is 23.0 Å². The van der Waals surface area contributed by atoms with Crippen LogP contribution in [0.4, 0.5) is 0 Å². The van der Waals surface area contributed by atoms with Crippen LogP contribution in [0, 0.1) is 10.8 Å². The zero-order valence-electron chi connectivity index (χ0n) is 20.9. The summed E-state index contributed by atoms with van der Waals surface area (Å²) in [6.07, 6.45) is 13.9. The number of aromatic hydroxyl groups is 1. The Balaban J connectivity index is 1.71. The van der Waals surface area contributed by atoms with E-state index < -0.39 is 11.1 Å². The molecule has 0 saturated carbocycles. The number of hydrogen-bond donors (Lipinski definition) is 1. The van der Waals surface area contributed by atoms with E-state index in [9.17, 15) is 5.11 Å². The second kappa shape index (κ2) is 7.63. The molecule has 2 aliphatic heterocycles. The first-order chi connectivity index (χ1) is 16.5. The number of nitrogens with zero attached hydrogens (tertiary/aromatic N) is 4. The Labute approximate surface area is 205 Å². The third-order valence-corrected chi connectivity index (χ3v) is 7.05. The minimum atomic E-state index is -0.826. The molecule has 35 heavy (non-hydrogen) atoms. The Bertz CT molecular complexity index is 1260. The van der Waals surface area contributed by atoms with Crippen molar-refractivity contribution in [1.82, 2.24) is 9.97 Å². The zero-order valence-corrected chi connectivity index (χ0v) is 20.9. The molecule has 1 N–H and O–H groups in total. The number of aliphatic imine (C=N–C) groups is 2. The molecule has 7 heteroatoms. The van der Waals surface area contributed by atoms with Gasteiger partial charge in [-0.15, -0.1) is 0 Å². The quantitative estimate of drug-likeness (QED) is 0.490. The number of allylic oxidation sites excluding steroid dienone is 2. The van der Waals surface area contributed by atoms with Gasteiger partial charge >= 0.3 is 0 Å². The van der Waals surface area contributed by atoms with E-state index in [1.807, 2.05) is 30.4 Å². The molecule has 7 nitrogen and oxygen atoms in total. The second-order valence-electron chi connectivity index (χ2n) is 11.1. The van der Waals surface area contributed by atoms with Crippen molar-refractivity contribution < 1.29 is 13.9 Å². The van der Waals surface area contributed by atoms with Crippen molar-refractivity contribution in [3.05, 3.63) is 78.2 Å². The summed E-state index contributed by atoms with van der Waals surface area (Å²) in [5, 5.41) is 11.9. The van der Waals surface area contributed by atoms with Crippen LogP contribution in [-0.2, 0) is 11.1 Å². The van der Waals surface area contributed by atoms with Gasteiger partial charge in [-0.3, -0.25) is 9.98 Å². The summed E-state index contributed by atoms with van der Waals surface area (Å²) in [6, 6.07) is 5.83. The number of phenols is 1. The Morgan fingerprint density at radius 1 is 0.714 bits per heavy atom. The van der Waals surface area contributed by atoms with Crippen molar-refractivity contribution in [3.8, 4) is 5.75 Å². The van der Waals surface area contributed by atoms with Gasteiger partial charge < -0.3 is 13.9 Å². The molecule has 0 bridgehead atoms. The van der Waals surface area contributed by atoms with Gasteiger partial charge in [0, 0.05) is 23.6 Å². The predicted octanol–water partition coefficient (Wildman–Crippen LogP) is 6.19. The zero-order chi connectivity index (χ0) is 25.1. The minimum absolute atomic E-state index is 0.168. The standard InChI is InChI=1S/C28H30N4O3/c1-25(2,3)27(14-18(16-31-27)23-29-10-12-34-23)20-8-7-9-21(22(20)33)28(26(4,5)6)15-19(17-32-28)24-30-11-13-35-24/h7-17,33H,1-6H3. The average molecular weight is 471 g/mol. The van der Waals surface area contributed by atoms with Crippen LogP contribution in [0.5, 0.6) is 5.75 Å². The summed E-state index contributed by atoms with van der Waals surface area (Å²) in [7, 11) is 0. The molecule has 0 spiro atoms. The molecular weight excluding hydrogens is 440 g/mol. The van der Waals surface area contributed by atoms with E-state index in [1.165, 1.54) is 0 Å². The summed E-state index contributed by atoms with van der Waals surface area (Å²) in [5.41, 5.74) is 0.604. The molecule has 1 aromatic carbocycles. The lowest BCUT2D eigenvalue weighted by atomic mass is 9.66. The van der Waals surface area contributed by atoms with E-state index >= 15 is 0 Å². The maximum Gasteiger partial charge on any atom is 0.227 e. The Morgan fingerprint density at radius 3 is 1.49 bits per heavy atom. The van der Waals surface area contributed by atoms with E-state index in [1.54, 1.807) is 37.3 Å². The molecule has 4 heterocycles. The topological polar surface area (TPSA) is 97.0 Å². The van der Waals surface area contributed by atoms with Crippen LogP contribution < -0.4 is 0 Å². The average Bonchev–Trinajstić information content (AvgIpc) is 3.59. The van der Waals surface area contributed by atoms with Crippen LogP contribution in [0.1, 0.15) is 64.5 Å². The van der Waals surface area contributed by atoms with Crippen LogP contribution in [0.25, 0.3) is 11.1 Å². The molecule has 0 saturated heterocycles. The maximum atomic E-state index is 11.9. The van der Waals surface area contributed by atoms with Gasteiger partial charge in [-0.2, -0.15) is 0 Å². The summed E-state index contributed by atoms with van der Waals surface area (Å²) in [6.45, 7) is 12.7. The van der Waals surface area contributed by atoms with E-state index in [4.69, 9.17) is 18.8 Å². The largest absolute Gasteiger partial charge is 0.507 e. The third-order valence-electron chi connectivity index (χ3n) is 7.05. The summed E-state index contributed by atoms with van der Waals surface area (Å²) in [4.78, 5) is 18.5. The number of rotatable bonds is 4. The SMILES string of the molecule is CC(C)(C)C1(c2cccc(C3(C(C)(C)C)C=C(c4ncco4)C=N3)c2O)C=C(c2ncco2)C=N1. The third kappa shape index (κ3) is 3.40. The lowest BCUT2D eigenvalue weighted by Gasteiger charge is -2.42. The van der Waals surface area contributed by atoms with E-state index in [-0.39, 0.29) is 16.6 Å². The molecule has 0 radical (unpaired) electrons. The van der Waals surface area contributed by atoms with Crippen molar-refractivity contribution >= 4 is 23.6 Å². The van der Waals surface area contributed by atoms with Crippen molar-refractivity contribution in [2.45, 2.75) is 52.6 Å². The van der Waals surface area contributed by atoms with Crippen LogP contribution in [0.3, 0.4) is 0 Å². The van der Waals surface area contributed by atoms with Crippen molar-refractivity contribution in [2.24, 2.45) is 20.8 Å². The number of benzene rings is 1. The van der Waals surface area contributed by atoms with E-state index in [0.717, 1.165) is 11.1 Å². The monoisotopic (exact) mass is 470 g/mol. The number of oxazole rings is 2. The maximum absolute atomic E-state index is 11.9. The van der Waals surface area contributed by atoms with Gasteiger partial charge in [0.2, 0.25) is 11.8 Å². The van der Waals surface area contributed by atoms with Crippen molar-refractivity contribution in [2.75, 3.05) is 0 Å². The molecule has 0 fully saturated rings. The van der Waals surface area contributed by atoms with Crippen molar-refractivity contribution in [3.63, 3.8) is 0 Å². The Kier molecular flexibility index (Phi) is 5.02. The minimum Gasteiger partial charge on any atom is -0.507 e. The summed E-state index contributed by atoms with van der Waals surface area (Å²) >= 11 is 0. The Morgan fingerprint density at radius 2 is 1.14 bits per heavy atom. The Hall–Kier alpha value is -3.74. The molecule has 180 valence electrons. The van der Waals surface area contributed by atoms with Gasteiger partial charge in [0.15, 0.2) is 0 Å². The lowest BCUT2D eigenvalue weighted by Crippen LogP contribution is -2.38. The summed E-state index contributed by atoms with van der Waals surface area (Å²) in [5.74, 6) is 1.17. The molecule has 2 atom stereocenters. The molecule has 2 unspecified atom stereocenters. The number of hydrogen-bond acceptors (Lipinski definition) is 7. The van der Waals surface area contributed by atoms with Crippen LogP contribution in [0.2, 0.25) is 0 Å². The number of phenolic OH excluding ortho intramolecular Hbond substituents is 1. The van der Waals surface area contributed by atoms with Gasteiger partial charge in [0.25, 0.3) is 0 Å². The summed E-state index contributed by atoms with van der Waals surface area (Å²) < 4.78 is 11.1. The molecule has 0 amide bonds. The highest BCUT2D eigenvalue weighted by atomic mass is 16.3. The van der Waals surface area contributed by atoms with Crippen LogP contribution >= 0.6 is 0 Å². The number of para-hydroxylation sites is 1.